The summed E-state index contributed by atoms with van der Waals surface area (Å²) in [5.41, 5.74) is 0. The van der Waals surface area contributed by atoms with Gasteiger partial charge in [-0.3, -0.25) is 14.4 Å². The first-order valence-corrected chi connectivity index (χ1v) is 7.46. The van der Waals surface area contributed by atoms with Gasteiger partial charge in [0.2, 0.25) is 5.91 Å². The van der Waals surface area contributed by atoms with Crippen molar-refractivity contribution in [1.29, 1.82) is 0 Å². The largest absolute Gasteiger partial charge is 0.301 e. The number of amides is 1. The van der Waals surface area contributed by atoms with E-state index in [0.717, 1.165) is 19.5 Å². The van der Waals surface area contributed by atoms with E-state index in [2.05, 4.69) is 15.4 Å². The predicted octanol–water partition coefficient (Wildman–Crippen LogP) is 1.69. The van der Waals surface area contributed by atoms with E-state index < -0.39 is 0 Å². The molecule has 7 heteroatoms. The molecule has 6 nitrogen and oxygen atoms in total. The van der Waals surface area contributed by atoms with Gasteiger partial charge in [0.05, 0.1) is 12.6 Å². The molecule has 0 aliphatic heterocycles. The van der Waals surface area contributed by atoms with Crippen LogP contribution in [0, 0.1) is 0 Å². The summed E-state index contributed by atoms with van der Waals surface area (Å²) in [6.07, 6.45) is 6.12. The van der Waals surface area contributed by atoms with Gasteiger partial charge in [-0.05, 0) is 19.5 Å². The van der Waals surface area contributed by atoms with Gasteiger partial charge in [-0.25, -0.2) is 4.98 Å². The normalized spacial score (nSPS) is 12.6. The Morgan fingerprint density at radius 2 is 2.40 bits per heavy atom. The van der Waals surface area contributed by atoms with Crippen molar-refractivity contribution in [2.24, 2.45) is 0 Å². The molecule has 2 heterocycles. The second-order valence-electron chi connectivity index (χ2n) is 4.50. The van der Waals surface area contributed by atoms with Gasteiger partial charge < -0.3 is 5.32 Å². The fourth-order valence-electron chi connectivity index (χ4n) is 2.02. The van der Waals surface area contributed by atoms with Crippen LogP contribution in [0.25, 0.3) is 0 Å². The monoisotopic (exact) mass is 293 g/mol. The third kappa shape index (κ3) is 3.88. The van der Waals surface area contributed by atoms with Crippen LogP contribution in [0.1, 0.15) is 13.3 Å². The van der Waals surface area contributed by atoms with Gasteiger partial charge in [0.15, 0.2) is 5.13 Å². The highest BCUT2D eigenvalue weighted by Gasteiger charge is 2.21. The Kier molecular flexibility index (Phi) is 5.25. The maximum Gasteiger partial charge on any atom is 0.243 e. The highest BCUT2D eigenvalue weighted by atomic mass is 32.1. The fraction of sp³-hybridized carbons (Fsp3) is 0.462. The number of rotatable bonds is 7. The van der Waals surface area contributed by atoms with E-state index in [4.69, 9.17) is 0 Å². The fourth-order valence-corrected chi connectivity index (χ4v) is 2.55. The van der Waals surface area contributed by atoms with E-state index in [1.165, 1.54) is 11.3 Å². The molecule has 108 valence electrons. The van der Waals surface area contributed by atoms with Gasteiger partial charge in [0.1, 0.15) is 0 Å². The Balaban J connectivity index is 1.87. The van der Waals surface area contributed by atoms with Crippen LogP contribution >= 0.6 is 11.3 Å². The molecule has 0 saturated heterocycles. The molecule has 20 heavy (non-hydrogen) atoms. The Morgan fingerprint density at radius 1 is 1.55 bits per heavy atom. The molecule has 0 spiro atoms. The molecule has 0 aromatic carbocycles. The van der Waals surface area contributed by atoms with Gasteiger partial charge in [-0.15, -0.1) is 11.3 Å². The van der Waals surface area contributed by atoms with Crippen molar-refractivity contribution in [2.75, 3.05) is 18.9 Å². The topological polar surface area (TPSA) is 63.1 Å². The van der Waals surface area contributed by atoms with Crippen molar-refractivity contribution < 1.29 is 4.79 Å². The molecule has 2 aromatic heterocycles. The van der Waals surface area contributed by atoms with Crippen LogP contribution in [0.5, 0.6) is 0 Å². The zero-order chi connectivity index (χ0) is 14.4. The summed E-state index contributed by atoms with van der Waals surface area (Å²) in [6.45, 7) is 3.55. The highest BCUT2D eigenvalue weighted by molar-refractivity contribution is 7.13. The number of likely N-dealkylation sites (N-methyl/N-ethyl adjacent to an activating group) is 1. The van der Waals surface area contributed by atoms with Gasteiger partial charge >= 0.3 is 0 Å². The zero-order valence-electron chi connectivity index (χ0n) is 11.7. The van der Waals surface area contributed by atoms with Crippen molar-refractivity contribution in [1.82, 2.24) is 19.7 Å². The molecule has 0 aliphatic rings. The molecule has 2 aromatic rings. The van der Waals surface area contributed by atoms with Crippen LogP contribution < -0.4 is 5.32 Å². The maximum absolute atomic E-state index is 12.2. The van der Waals surface area contributed by atoms with E-state index in [1.54, 1.807) is 12.4 Å². The number of carbonyl (C=O) groups excluding carboxylic acids is 1. The number of thiazole rings is 1. The zero-order valence-corrected chi connectivity index (χ0v) is 12.5. The van der Waals surface area contributed by atoms with E-state index in [-0.39, 0.29) is 11.9 Å². The van der Waals surface area contributed by atoms with Crippen LogP contribution in [-0.4, -0.2) is 45.2 Å². The summed E-state index contributed by atoms with van der Waals surface area (Å²) in [6, 6.07) is 1.74. The van der Waals surface area contributed by atoms with Crippen LogP contribution in [0.4, 0.5) is 5.13 Å². The lowest BCUT2D eigenvalue weighted by Crippen LogP contribution is -2.42. The molecule has 1 N–H and O–H groups in total. The number of nitrogens with zero attached hydrogens (tertiary/aromatic N) is 4. The number of nitrogens with one attached hydrogen (secondary N) is 1. The van der Waals surface area contributed by atoms with Crippen molar-refractivity contribution in [3.8, 4) is 0 Å². The lowest BCUT2D eigenvalue weighted by Gasteiger charge is -2.25. The van der Waals surface area contributed by atoms with E-state index in [9.17, 15) is 4.79 Å². The van der Waals surface area contributed by atoms with E-state index >= 15 is 0 Å². The average molecular weight is 293 g/mol. The summed E-state index contributed by atoms with van der Waals surface area (Å²) >= 11 is 1.43. The molecular weight excluding hydrogens is 274 g/mol. The van der Waals surface area contributed by atoms with Crippen LogP contribution in [0.2, 0.25) is 0 Å². The molecule has 1 amide bonds. The van der Waals surface area contributed by atoms with E-state index in [0.29, 0.717) is 5.13 Å². The second-order valence-corrected chi connectivity index (χ2v) is 5.39. The molecule has 2 rings (SSSR count). The number of hydrogen-bond donors (Lipinski definition) is 1. The predicted molar refractivity (Wildman–Crippen MR) is 79.7 cm³/mol. The number of anilines is 1. The highest BCUT2D eigenvalue weighted by Crippen LogP contribution is 2.12. The third-order valence-electron chi connectivity index (χ3n) is 3.12. The van der Waals surface area contributed by atoms with Gasteiger partial charge in [-0.1, -0.05) is 6.92 Å². The Morgan fingerprint density at radius 3 is 3.00 bits per heavy atom. The smallest absolute Gasteiger partial charge is 0.243 e. The van der Waals surface area contributed by atoms with Gasteiger partial charge in [0, 0.05) is 30.5 Å². The molecule has 1 atom stereocenters. The minimum atomic E-state index is -0.158. The van der Waals surface area contributed by atoms with Crippen molar-refractivity contribution >= 4 is 22.4 Å². The molecule has 0 saturated carbocycles. The summed E-state index contributed by atoms with van der Waals surface area (Å²) in [5, 5.41) is 9.50. The SMILES string of the molecule is CCC(C(=O)Nc1nccs1)N(C)CCn1cccn1. The summed E-state index contributed by atoms with van der Waals surface area (Å²) in [4.78, 5) is 18.4. The number of aromatic nitrogens is 3. The van der Waals surface area contributed by atoms with Gasteiger partial charge in [-0.2, -0.15) is 5.10 Å². The first-order valence-electron chi connectivity index (χ1n) is 6.58. The Labute approximate surface area is 122 Å². The summed E-state index contributed by atoms with van der Waals surface area (Å²) < 4.78 is 1.86. The molecule has 0 bridgehead atoms. The summed E-state index contributed by atoms with van der Waals surface area (Å²) in [5.74, 6) is -0.00887. The standard InChI is InChI=1S/C13H19N5OS/c1-3-11(12(19)16-13-14-6-10-20-13)17(2)8-9-18-7-4-5-15-18/h4-7,10-11H,3,8-9H2,1-2H3,(H,14,16,19). The van der Waals surface area contributed by atoms with Crippen LogP contribution in [0.15, 0.2) is 30.0 Å². The Bertz CT molecular complexity index is 511. The molecule has 1 unspecified atom stereocenters. The van der Waals surface area contributed by atoms with E-state index in [1.807, 2.05) is 41.2 Å². The number of hydrogen-bond acceptors (Lipinski definition) is 5. The summed E-state index contributed by atoms with van der Waals surface area (Å²) in [7, 11) is 1.96. The maximum atomic E-state index is 12.2. The third-order valence-corrected chi connectivity index (χ3v) is 3.81. The average Bonchev–Trinajstić information content (AvgIpc) is 3.10. The minimum Gasteiger partial charge on any atom is -0.301 e. The Hall–Kier alpha value is -1.73. The van der Waals surface area contributed by atoms with Crippen molar-refractivity contribution in [3.63, 3.8) is 0 Å². The molecule has 0 fully saturated rings. The van der Waals surface area contributed by atoms with Crippen LogP contribution in [-0.2, 0) is 11.3 Å². The van der Waals surface area contributed by atoms with Crippen molar-refractivity contribution in [3.05, 3.63) is 30.0 Å². The lowest BCUT2D eigenvalue weighted by molar-refractivity contribution is -0.121. The molecule has 0 radical (unpaired) electrons. The molecule has 0 aliphatic carbocycles. The first kappa shape index (κ1) is 14.7. The quantitative estimate of drug-likeness (QED) is 0.844. The minimum absolute atomic E-state index is 0.00887. The van der Waals surface area contributed by atoms with Gasteiger partial charge in [0.25, 0.3) is 0 Å². The number of carbonyl (C=O) groups is 1. The second kappa shape index (κ2) is 7.16. The molecular formula is C13H19N5OS. The van der Waals surface area contributed by atoms with Crippen LogP contribution in [0.3, 0.4) is 0 Å². The lowest BCUT2D eigenvalue weighted by atomic mass is 10.2. The first-order chi connectivity index (χ1) is 9.70. The van der Waals surface area contributed by atoms with Crippen molar-refractivity contribution in [2.45, 2.75) is 25.9 Å².